The van der Waals surface area contributed by atoms with Crippen molar-refractivity contribution in [1.82, 2.24) is 24.6 Å². The number of rotatable bonds is 2. The van der Waals surface area contributed by atoms with Gasteiger partial charge in [0.25, 0.3) is 0 Å². The summed E-state index contributed by atoms with van der Waals surface area (Å²) in [6, 6.07) is 0.484. The van der Waals surface area contributed by atoms with E-state index in [1.807, 2.05) is 12.4 Å². The molecule has 1 aliphatic heterocycles. The van der Waals surface area contributed by atoms with Gasteiger partial charge in [-0.3, -0.25) is 0 Å². The number of fused-ring (bicyclic) bond motifs is 1. The fourth-order valence-electron chi connectivity index (χ4n) is 2.92. The third kappa shape index (κ3) is 2.02. The zero-order valence-corrected chi connectivity index (χ0v) is 11.3. The topological polar surface area (TPSA) is 46.8 Å². The lowest BCUT2D eigenvalue weighted by Crippen LogP contribution is -2.31. The van der Waals surface area contributed by atoms with Crippen molar-refractivity contribution < 1.29 is 0 Å². The van der Waals surface area contributed by atoms with Crippen LogP contribution in [0.3, 0.4) is 0 Å². The molecule has 1 saturated carbocycles. The van der Waals surface area contributed by atoms with E-state index in [-0.39, 0.29) is 0 Å². The maximum Gasteiger partial charge on any atom is 0.177 e. The van der Waals surface area contributed by atoms with E-state index in [0.29, 0.717) is 12.0 Å². The van der Waals surface area contributed by atoms with E-state index in [1.165, 1.54) is 12.8 Å². The molecule has 2 fully saturated rings. The van der Waals surface area contributed by atoms with Crippen molar-refractivity contribution in [1.29, 1.82) is 0 Å². The Morgan fingerprint density at radius 2 is 1.89 bits per heavy atom. The lowest BCUT2D eigenvalue weighted by Gasteiger charge is -2.29. The number of aromatic nitrogens is 4. The molecule has 100 valence electrons. The third-order valence-electron chi connectivity index (χ3n) is 4.35. The molecule has 0 spiro atoms. The van der Waals surface area contributed by atoms with Gasteiger partial charge in [-0.05, 0) is 45.8 Å². The van der Waals surface area contributed by atoms with Gasteiger partial charge in [0.05, 0.1) is 17.9 Å². The SMILES string of the molecule is CN1CCC(n2ncc3ncc(C4CC4)nc32)CC1. The number of hydrogen-bond acceptors (Lipinski definition) is 4. The Bertz CT molecular complexity index is 593. The summed E-state index contributed by atoms with van der Waals surface area (Å²) in [7, 11) is 2.18. The highest BCUT2D eigenvalue weighted by Gasteiger charge is 2.27. The number of likely N-dealkylation sites (tertiary alicyclic amines) is 1. The Kier molecular flexibility index (Phi) is 2.55. The van der Waals surface area contributed by atoms with Crippen LogP contribution in [0.1, 0.15) is 43.3 Å². The van der Waals surface area contributed by atoms with Gasteiger partial charge in [0.1, 0.15) is 5.52 Å². The van der Waals surface area contributed by atoms with E-state index in [1.54, 1.807) is 0 Å². The molecule has 1 saturated heterocycles. The third-order valence-corrected chi connectivity index (χ3v) is 4.35. The first-order valence-corrected chi connectivity index (χ1v) is 7.20. The number of nitrogens with zero attached hydrogens (tertiary/aromatic N) is 5. The highest BCUT2D eigenvalue weighted by Crippen LogP contribution is 2.39. The minimum atomic E-state index is 0.484. The summed E-state index contributed by atoms with van der Waals surface area (Å²) < 4.78 is 2.11. The predicted octanol–water partition coefficient (Wildman–Crippen LogP) is 1.97. The molecule has 1 aliphatic carbocycles. The second kappa shape index (κ2) is 4.27. The van der Waals surface area contributed by atoms with E-state index in [2.05, 4.69) is 26.7 Å². The van der Waals surface area contributed by atoms with Crippen LogP contribution in [0.2, 0.25) is 0 Å². The van der Waals surface area contributed by atoms with Crippen LogP contribution in [0.4, 0.5) is 0 Å². The maximum atomic E-state index is 4.82. The van der Waals surface area contributed by atoms with Gasteiger partial charge in [-0.1, -0.05) is 0 Å². The normalized spacial score (nSPS) is 22.2. The van der Waals surface area contributed by atoms with Crippen LogP contribution >= 0.6 is 0 Å². The Morgan fingerprint density at radius 3 is 2.63 bits per heavy atom. The molecule has 0 amide bonds. The molecule has 5 nitrogen and oxygen atoms in total. The van der Waals surface area contributed by atoms with Crippen molar-refractivity contribution in [3.05, 3.63) is 18.1 Å². The highest BCUT2D eigenvalue weighted by atomic mass is 15.3. The van der Waals surface area contributed by atoms with Gasteiger partial charge in [0, 0.05) is 12.1 Å². The van der Waals surface area contributed by atoms with Gasteiger partial charge in [-0.2, -0.15) is 5.10 Å². The van der Waals surface area contributed by atoms with Crippen molar-refractivity contribution in [2.24, 2.45) is 0 Å². The van der Waals surface area contributed by atoms with E-state index in [9.17, 15) is 0 Å². The number of piperidine rings is 1. The zero-order chi connectivity index (χ0) is 12.8. The van der Waals surface area contributed by atoms with Crippen LogP contribution in [0.25, 0.3) is 11.2 Å². The maximum absolute atomic E-state index is 4.82. The largest absolute Gasteiger partial charge is 0.306 e. The lowest BCUT2D eigenvalue weighted by molar-refractivity contribution is 0.215. The molecule has 19 heavy (non-hydrogen) atoms. The predicted molar refractivity (Wildman–Crippen MR) is 73.1 cm³/mol. The second-order valence-corrected chi connectivity index (χ2v) is 5.90. The van der Waals surface area contributed by atoms with Crippen LogP contribution < -0.4 is 0 Å². The number of hydrogen-bond donors (Lipinski definition) is 0. The smallest absolute Gasteiger partial charge is 0.177 e. The van der Waals surface area contributed by atoms with Crippen molar-refractivity contribution in [3.8, 4) is 0 Å². The van der Waals surface area contributed by atoms with Crippen molar-refractivity contribution in [2.45, 2.75) is 37.6 Å². The van der Waals surface area contributed by atoms with Gasteiger partial charge in [-0.15, -0.1) is 0 Å². The van der Waals surface area contributed by atoms with Gasteiger partial charge in [0.15, 0.2) is 5.65 Å². The first-order valence-electron chi connectivity index (χ1n) is 7.20. The second-order valence-electron chi connectivity index (χ2n) is 5.90. The van der Waals surface area contributed by atoms with Crippen LogP contribution in [0.5, 0.6) is 0 Å². The summed E-state index contributed by atoms with van der Waals surface area (Å²) in [5.41, 5.74) is 3.07. The molecule has 5 heteroatoms. The Balaban J connectivity index is 1.70. The Hall–Kier alpha value is -1.49. The molecular formula is C14H19N5. The minimum absolute atomic E-state index is 0.484. The molecule has 2 aromatic rings. The van der Waals surface area contributed by atoms with E-state index >= 15 is 0 Å². The average Bonchev–Trinajstić information content (AvgIpc) is 3.20. The fraction of sp³-hybridized carbons (Fsp3) is 0.643. The van der Waals surface area contributed by atoms with Crippen LogP contribution in [-0.2, 0) is 0 Å². The van der Waals surface area contributed by atoms with Gasteiger partial charge in [-0.25, -0.2) is 14.6 Å². The summed E-state index contributed by atoms with van der Waals surface area (Å²) in [5, 5.41) is 4.54. The average molecular weight is 257 g/mol. The van der Waals surface area contributed by atoms with Gasteiger partial charge in [0.2, 0.25) is 0 Å². The van der Waals surface area contributed by atoms with E-state index in [0.717, 1.165) is 42.8 Å². The summed E-state index contributed by atoms with van der Waals surface area (Å²) in [4.78, 5) is 11.7. The lowest BCUT2D eigenvalue weighted by atomic mass is 10.1. The zero-order valence-electron chi connectivity index (χ0n) is 11.3. The summed E-state index contributed by atoms with van der Waals surface area (Å²) in [6.45, 7) is 2.28. The molecular weight excluding hydrogens is 238 g/mol. The summed E-state index contributed by atoms with van der Waals surface area (Å²) in [5.74, 6) is 0.651. The highest BCUT2D eigenvalue weighted by molar-refractivity contribution is 5.69. The van der Waals surface area contributed by atoms with E-state index in [4.69, 9.17) is 4.98 Å². The van der Waals surface area contributed by atoms with Crippen molar-refractivity contribution in [3.63, 3.8) is 0 Å². The van der Waals surface area contributed by atoms with Crippen LogP contribution in [0, 0.1) is 0 Å². The summed E-state index contributed by atoms with van der Waals surface area (Å²) in [6.07, 6.45) is 8.63. The Morgan fingerprint density at radius 1 is 1.11 bits per heavy atom. The molecule has 0 bridgehead atoms. The van der Waals surface area contributed by atoms with E-state index < -0.39 is 0 Å². The quantitative estimate of drug-likeness (QED) is 0.825. The molecule has 4 rings (SSSR count). The molecule has 0 aromatic carbocycles. The standard InChI is InChI=1S/C14H19N5/c1-18-6-4-11(5-7-18)19-14-13(9-16-19)15-8-12(17-14)10-2-3-10/h8-11H,2-7H2,1H3. The van der Waals surface area contributed by atoms with Crippen LogP contribution in [-0.4, -0.2) is 44.8 Å². The molecule has 0 unspecified atom stereocenters. The molecule has 2 aromatic heterocycles. The van der Waals surface area contributed by atoms with Gasteiger partial charge < -0.3 is 4.90 Å². The molecule has 0 atom stereocenters. The van der Waals surface area contributed by atoms with Crippen molar-refractivity contribution in [2.75, 3.05) is 20.1 Å². The van der Waals surface area contributed by atoms with Crippen LogP contribution in [0.15, 0.2) is 12.4 Å². The van der Waals surface area contributed by atoms with Crippen molar-refractivity contribution >= 4 is 11.2 Å². The molecule has 3 heterocycles. The first-order chi connectivity index (χ1) is 9.31. The molecule has 2 aliphatic rings. The first kappa shape index (κ1) is 11.3. The fourth-order valence-corrected chi connectivity index (χ4v) is 2.92. The summed E-state index contributed by atoms with van der Waals surface area (Å²) >= 11 is 0. The minimum Gasteiger partial charge on any atom is -0.306 e. The Labute approximate surface area is 112 Å². The van der Waals surface area contributed by atoms with Gasteiger partial charge >= 0.3 is 0 Å². The molecule has 0 N–H and O–H groups in total. The monoisotopic (exact) mass is 257 g/mol. The molecule has 0 radical (unpaired) electrons.